The van der Waals surface area contributed by atoms with Crippen LogP contribution in [0.2, 0.25) is 4.34 Å². The van der Waals surface area contributed by atoms with Crippen molar-refractivity contribution in [2.75, 3.05) is 0 Å². The van der Waals surface area contributed by atoms with Gasteiger partial charge in [0.1, 0.15) is 5.82 Å². The van der Waals surface area contributed by atoms with Crippen LogP contribution in [0.25, 0.3) is 0 Å². The fourth-order valence-corrected chi connectivity index (χ4v) is 2.32. The molecule has 0 saturated carbocycles. The molecule has 0 aliphatic heterocycles. The van der Waals surface area contributed by atoms with Gasteiger partial charge >= 0.3 is 0 Å². The van der Waals surface area contributed by atoms with E-state index in [0.29, 0.717) is 9.90 Å². The molecule has 0 spiro atoms. The zero-order valence-corrected chi connectivity index (χ0v) is 8.31. The molecular formula is C8H10ClFS. The van der Waals surface area contributed by atoms with Gasteiger partial charge in [0.15, 0.2) is 0 Å². The lowest BCUT2D eigenvalue weighted by molar-refractivity contribution is 0.529. The summed E-state index contributed by atoms with van der Waals surface area (Å²) in [6.07, 6.45) is 0. The third-order valence-electron chi connectivity index (χ3n) is 1.45. The highest BCUT2D eigenvalue weighted by atomic mass is 35.5. The monoisotopic (exact) mass is 192 g/mol. The van der Waals surface area contributed by atoms with Crippen LogP contribution < -0.4 is 0 Å². The number of rotatable bonds is 0. The van der Waals surface area contributed by atoms with Crippen LogP contribution in [0.5, 0.6) is 0 Å². The number of thiophene rings is 1. The second-order valence-electron chi connectivity index (χ2n) is 3.48. The summed E-state index contributed by atoms with van der Waals surface area (Å²) in [6.45, 7) is 5.85. The molecule has 0 aliphatic carbocycles. The molecule has 0 bridgehead atoms. The Balaban J connectivity index is 3.21. The first-order valence-electron chi connectivity index (χ1n) is 3.36. The lowest BCUT2D eigenvalue weighted by Gasteiger charge is -2.17. The minimum absolute atomic E-state index is 0.187. The van der Waals surface area contributed by atoms with E-state index in [1.807, 2.05) is 20.8 Å². The Hall–Kier alpha value is -0.0800. The molecule has 0 aliphatic rings. The van der Waals surface area contributed by atoms with Crippen molar-refractivity contribution in [2.24, 2.45) is 0 Å². The number of hydrogen-bond donors (Lipinski definition) is 0. The zero-order valence-electron chi connectivity index (χ0n) is 6.74. The molecule has 1 rings (SSSR count). The SMILES string of the molecule is CC(C)(C)c1c(F)csc1Cl. The predicted molar refractivity (Wildman–Crippen MR) is 48.0 cm³/mol. The highest BCUT2D eigenvalue weighted by Gasteiger charge is 2.23. The minimum atomic E-state index is -0.193. The summed E-state index contributed by atoms with van der Waals surface area (Å²) in [6, 6.07) is 0. The average molecular weight is 193 g/mol. The average Bonchev–Trinajstić information content (AvgIpc) is 2.08. The normalized spacial score (nSPS) is 12.1. The van der Waals surface area contributed by atoms with Crippen molar-refractivity contribution in [2.45, 2.75) is 26.2 Å². The van der Waals surface area contributed by atoms with Gasteiger partial charge in [-0.25, -0.2) is 4.39 Å². The second-order valence-corrected chi connectivity index (χ2v) is 4.96. The van der Waals surface area contributed by atoms with Gasteiger partial charge in [-0.15, -0.1) is 11.3 Å². The molecule has 0 aromatic carbocycles. The predicted octanol–water partition coefficient (Wildman–Crippen LogP) is 3.84. The molecule has 0 amide bonds. The highest BCUT2D eigenvalue weighted by molar-refractivity contribution is 7.14. The maximum Gasteiger partial charge on any atom is 0.139 e. The van der Waals surface area contributed by atoms with E-state index < -0.39 is 0 Å². The molecule has 1 aromatic rings. The lowest BCUT2D eigenvalue weighted by atomic mass is 9.89. The van der Waals surface area contributed by atoms with Gasteiger partial charge in [0.05, 0.1) is 4.34 Å². The van der Waals surface area contributed by atoms with Gasteiger partial charge in [-0.1, -0.05) is 32.4 Å². The van der Waals surface area contributed by atoms with E-state index in [9.17, 15) is 4.39 Å². The van der Waals surface area contributed by atoms with Crippen LogP contribution in [0, 0.1) is 5.82 Å². The van der Waals surface area contributed by atoms with E-state index in [1.54, 1.807) is 0 Å². The summed E-state index contributed by atoms with van der Waals surface area (Å²) in [5, 5.41) is 1.45. The van der Waals surface area contributed by atoms with E-state index >= 15 is 0 Å². The molecule has 3 heteroatoms. The molecule has 0 fully saturated rings. The Morgan fingerprint density at radius 2 is 2.00 bits per heavy atom. The number of hydrogen-bond acceptors (Lipinski definition) is 1. The Morgan fingerprint density at radius 3 is 2.18 bits per heavy atom. The third kappa shape index (κ3) is 1.74. The fourth-order valence-electron chi connectivity index (χ4n) is 0.968. The second kappa shape index (κ2) is 2.76. The van der Waals surface area contributed by atoms with Crippen LogP contribution in [-0.2, 0) is 5.41 Å². The quantitative estimate of drug-likeness (QED) is 0.586. The summed E-state index contributed by atoms with van der Waals surface area (Å²) in [5.74, 6) is -0.187. The van der Waals surface area contributed by atoms with Crippen molar-refractivity contribution in [3.8, 4) is 0 Å². The van der Waals surface area contributed by atoms with E-state index in [-0.39, 0.29) is 11.2 Å². The van der Waals surface area contributed by atoms with Crippen molar-refractivity contribution in [3.63, 3.8) is 0 Å². The zero-order chi connectivity index (χ0) is 8.65. The first-order valence-corrected chi connectivity index (χ1v) is 4.61. The molecule has 0 atom stereocenters. The van der Waals surface area contributed by atoms with E-state index in [2.05, 4.69) is 0 Å². The summed E-state index contributed by atoms with van der Waals surface area (Å²) >= 11 is 7.06. The largest absolute Gasteiger partial charge is 0.206 e. The van der Waals surface area contributed by atoms with Gasteiger partial charge < -0.3 is 0 Å². The van der Waals surface area contributed by atoms with Gasteiger partial charge in [0, 0.05) is 10.9 Å². The fraction of sp³-hybridized carbons (Fsp3) is 0.500. The molecule has 0 radical (unpaired) electrons. The summed E-state index contributed by atoms with van der Waals surface area (Å²) < 4.78 is 13.6. The van der Waals surface area contributed by atoms with Crippen molar-refractivity contribution >= 4 is 22.9 Å². The van der Waals surface area contributed by atoms with Gasteiger partial charge in [-0.05, 0) is 5.41 Å². The maximum absolute atomic E-state index is 13.0. The van der Waals surface area contributed by atoms with Crippen LogP contribution >= 0.6 is 22.9 Å². The van der Waals surface area contributed by atoms with Crippen LogP contribution in [-0.4, -0.2) is 0 Å². The van der Waals surface area contributed by atoms with Crippen molar-refractivity contribution < 1.29 is 4.39 Å². The topological polar surface area (TPSA) is 0 Å². The molecule has 62 valence electrons. The third-order valence-corrected chi connectivity index (χ3v) is 2.64. The van der Waals surface area contributed by atoms with Crippen molar-refractivity contribution in [3.05, 3.63) is 21.1 Å². The summed E-state index contributed by atoms with van der Waals surface area (Å²) in [5.41, 5.74) is 0.436. The van der Waals surface area contributed by atoms with Crippen LogP contribution in [0.1, 0.15) is 26.3 Å². The smallest absolute Gasteiger partial charge is 0.139 e. The van der Waals surface area contributed by atoms with E-state index in [0.717, 1.165) is 0 Å². The minimum Gasteiger partial charge on any atom is -0.206 e. The standard InChI is InChI=1S/C8H10ClFS/c1-8(2,3)6-5(10)4-11-7(6)9/h4H,1-3H3. The first-order chi connectivity index (χ1) is 4.93. The van der Waals surface area contributed by atoms with Crippen molar-refractivity contribution in [1.82, 2.24) is 0 Å². The van der Waals surface area contributed by atoms with Crippen LogP contribution in [0.15, 0.2) is 5.38 Å². The van der Waals surface area contributed by atoms with Gasteiger partial charge in [-0.3, -0.25) is 0 Å². The summed E-state index contributed by atoms with van der Waals surface area (Å²) in [7, 11) is 0. The summed E-state index contributed by atoms with van der Waals surface area (Å²) in [4.78, 5) is 0. The van der Waals surface area contributed by atoms with Crippen LogP contribution in [0.4, 0.5) is 4.39 Å². The molecule has 0 N–H and O–H groups in total. The van der Waals surface area contributed by atoms with Gasteiger partial charge in [0.2, 0.25) is 0 Å². The highest BCUT2D eigenvalue weighted by Crippen LogP contribution is 2.35. The molecule has 1 heterocycles. The molecule has 0 unspecified atom stereocenters. The number of halogens is 2. The Bertz CT molecular complexity index is 240. The molecule has 0 nitrogen and oxygen atoms in total. The van der Waals surface area contributed by atoms with E-state index in [1.165, 1.54) is 16.7 Å². The van der Waals surface area contributed by atoms with Crippen molar-refractivity contribution in [1.29, 1.82) is 0 Å². The molecular weight excluding hydrogens is 183 g/mol. The van der Waals surface area contributed by atoms with Gasteiger partial charge in [-0.2, -0.15) is 0 Å². The van der Waals surface area contributed by atoms with E-state index in [4.69, 9.17) is 11.6 Å². The first kappa shape index (κ1) is 9.01. The van der Waals surface area contributed by atoms with Gasteiger partial charge in [0.25, 0.3) is 0 Å². The maximum atomic E-state index is 13.0. The molecule has 1 aromatic heterocycles. The molecule has 11 heavy (non-hydrogen) atoms. The Kier molecular flexibility index (Phi) is 2.26. The Labute approximate surface area is 75.0 Å². The lowest BCUT2D eigenvalue weighted by Crippen LogP contribution is -2.12. The Morgan fingerprint density at radius 1 is 1.45 bits per heavy atom. The molecule has 0 saturated heterocycles. The van der Waals surface area contributed by atoms with Crippen LogP contribution in [0.3, 0.4) is 0 Å².